The predicted molar refractivity (Wildman–Crippen MR) is 48.1 cm³/mol. The highest BCUT2D eigenvalue weighted by atomic mass is 19.1. The minimum absolute atomic E-state index is 0.322. The second kappa shape index (κ2) is 3.40. The van der Waals surface area contributed by atoms with E-state index in [-0.39, 0.29) is 5.82 Å². The fourth-order valence-corrected chi connectivity index (χ4v) is 0.882. The van der Waals surface area contributed by atoms with Gasteiger partial charge in [0.2, 0.25) is 0 Å². The van der Waals surface area contributed by atoms with Gasteiger partial charge in [0.05, 0.1) is 5.69 Å². The number of hydrogen-bond donors (Lipinski definition) is 2. The second-order valence-electron chi connectivity index (χ2n) is 2.71. The smallest absolute Gasteiger partial charge is 0.149 e. The third-order valence-corrected chi connectivity index (χ3v) is 1.38. The number of para-hydroxylation sites is 1. The van der Waals surface area contributed by atoms with Crippen LogP contribution in [0, 0.1) is 5.82 Å². The van der Waals surface area contributed by atoms with Gasteiger partial charge < -0.3 is 11.2 Å². The maximum absolute atomic E-state index is 13.0. The van der Waals surface area contributed by atoms with Gasteiger partial charge >= 0.3 is 0 Å². The van der Waals surface area contributed by atoms with E-state index >= 15 is 0 Å². The molecule has 66 valence electrons. The fourth-order valence-electron chi connectivity index (χ4n) is 0.882. The number of benzene rings is 1. The average molecular weight is 169 g/mol. The lowest BCUT2D eigenvalue weighted by molar-refractivity contribution is 0.488. The number of hydrazine groups is 1. The summed E-state index contributed by atoms with van der Waals surface area (Å²) >= 11 is 0. The van der Waals surface area contributed by atoms with Crippen LogP contribution in [0.5, 0.6) is 0 Å². The van der Waals surface area contributed by atoms with Crippen molar-refractivity contribution >= 4 is 11.4 Å². The van der Waals surface area contributed by atoms with E-state index < -0.39 is 0 Å². The van der Waals surface area contributed by atoms with Crippen molar-refractivity contribution in [1.29, 1.82) is 0 Å². The van der Waals surface area contributed by atoms with Crippen LogP contribution in [0.15, 0.2) is 18.2 Å². The van der Waals surface area contributed by atoms with Crippen molar-refractivity contribution < 1.29 is 4.39 Å². The Labute approximate surface area is 70.9 Å². The van der Waals surface area contributed by atoms with Gasteiger partial charge in [-0.15, -0.1) is 0 Å². The standard InChI is InChI=1S/C8H12FN3/c1-12(2)11-8-6(9)4-3-5-7(8)10/h3-5,11H,10H2,1-2H3. The quantitative estimate of drug-likeness (QED) is 0.518. The molecule has 0 saturated heterocycles. The van der Waals surface area contributed by atoms with Crippen LogP contribution >= 0.6 is 0 Å². The highest BCUT2D eigenvalue weighted by molar-refractivity contribution is 5.65. The number of nitrogens with one attached hydrogen (secondary N) is 1. The van der Waals surface area contributed by atoms with E-state index in [0.29, 0.717) is 11.4 Å². The summed E-state index contributed by atoms with van der Waals surface area (Å²) in [6, 6.07) is 4.59. The lowest BCUT2D eigenvalue weighted by atomic mass is 10.2. The maximum atomic E-state index is 13.0. The van der Waals surface area contributed by atoms with Crippen LogP contribution in [0.25, 0.3) is 0 Å². The minimum atomic E-state index is -0.344. The fraction of sp³-hybridized carbons (Fsp3) is 0.250. The molecule has 0 unspecified atom stereocenters. The van der Waals surface area contributed by atoms with E-state index in [4.69, 9.17) is 5.73 Å². The molecular weight excluding hydrogens is 157 g/mol. The summed E-state index contributed by atoms with van der Waals surface area (Å²) < 4.78 is 13.0. The summed E-state index contributed by atoms with van der Waals surface area (Å²) in [5, 5.41) is 1.63. The molecule has 1 aromatic carbocycles. The Morgan fingerprint density at radius 3 is 2.58 bits per heavy atom. The average Bonchev–Trinajstić information content (AvgIpc) is 1.97. The number of nitrogen functional groups attached to an aromatic ring is 1. The first-order chi connectivity index (χ1) is 5.61. The van der Waals surface area contributed by atoms with Gasteiger partial charge in [0, 0.05) is 14.1 Å². The van der Waals surface area contributed by atoms with Crippen LogP contribution in [0.1, 0.15) is 0 Å². The van der Waals surface area contributed by atoms with Crippen molar-refractivity contribution in [2.24, 2.45) is 0 Å². The number of nitrogens with zero attached hydrogens (tertiary/aromatic N) is 1. The summed E-state index contributed by atoms with van der Waals surface area (Å²) in [4.78, 5) is 0. The minimum Gasteiger partial charge on any atom is -0.397 e. The summed E-state index contributed by atoms with van der Waals surface area (Å²) in [6.07, 6.45) is 0. The van der Waals surface area contributed by atoms with E-state index in [0.717, 1.165) is 0 Å². The summed E-state index contributed by atoms with van der Waals surface area (Å²) in [5.41, 5.74) is 9.04. The predicted octanol–water partition coefficient (Wildman–Crippen LogP) is 1.30. The van der Waals surface area contributed by atoms with Crippen LogP contribution in [-0.2, 0) is 0 Å². The second-order valence-corrected chi connectivity index (χ2v) is 2.71. The first kappa shape index (κ1) is 8.80. The Bertz CT molecular complexity index is 253. The Morgan fingerprint density at radius 2 is 2.08 bits per heavy atom. The number of rotatable bonds is 2. The molecule has 0 fully saturated rings. The molecule has 0 saturated carbocycles. The molecule has 0 aliphatic carbocycles. The lowest BCUT2D eigenvalue weighted by Crippen LogP contribution is -2.21. The van der Waals surface area contributed by atoms with Crippen LogP contribution in [0.4, 0.5) is 15.8 Å². The molecule has 1 aromatic rings. The van der Waals surface area contributed by atoms with Gasteiger partial charge in [-0.1, -0.05) is 6.07 Å². The van der Waals surface area contributed by atoms with Gasteiger partial charge in [-0.3, -0.25) is 0 Å². The van der Waals surface area contributed by atoms with Gasteiger partial charge in [-0.25, -0.2) is 9.40 Å². The topological polar surface area (TPSA) is 41.3 Å². The van der Waals surface area contributed by atoms with Crippen molar-refractivity contribution in [2.75, 3.05) is 25.3 Å². The molecule has 0 atom stereocenters. The first-order valence-electron chi connectivity index (χ1n) is 3.59. The number of halogens is 1. The SMILES string of the molecule is CN(C)Nc1c(N)cccc1F. The molecule has 0 aliphatic heterocycles. The Balaban J connectivity index is 2.96. The Morgan fingerprint density at radius 1 is 1.42 bits per heavy atom. The van der Waals surface area contributed by atoms with Crippen molar-refractivity contribution in [2.45, 2.75) is 0 Å². The van der Waals surface area contributed by atoms with E-state index in [1.54, 1.807) is 31.2 Å². The number of hydrogen-bond acceptors (Lipinski definition) is 3. The molecule has 3 nitrogen and oxygen atoms in total. The van der Waals surface area contributed by atoms with E-state index in [9.17, 15) is 4.39 Å². The molecular formula is C8H12FN3. The zero-order valence-electron chi connectivity index (χ0n) is 7.13. The number of nitrogens with two attached hydrogens (primary N) is 1. The molecule has 0 bridgehead atoms. The highest BCUT2D eigenvalue weighted by Crippen LogP contribution is 2.21. The van der Waals surface area contributed by atoms with Crippen molar-refractivity contribution in [3.8, 4) is 0 Å². The lowest BCUT2D eigenvalue weighted by Gasteiger charge is -2.15. The molecule has 12 heavy (non-hydrogen) atoms. The molecule has 0 spiro atoms. The Hall–Kier alpha value is -1.29. The summed E-state index contributed by atoms with van der Waals surface area (Å²) in [5.74, 6) is -0.344. The third-order valence-electron chi connectivity index (χ3n) is 1.38. The summed E-state index contributed by atoms with van der Waals surface area (Å²) in [6.45, 7) is 0. The van der Waals surface area contributed by atoms with Crippen molar-refractivity contribution in [1.82, 2.24) is 5.01 Å². The molecule has 4 heteroatoms. The number of anilines is 2. The largest absolute Gasteiger partial charge is 0.397 e. The van der Waals surface area contributed by atoms with Crippen LogP contribution in [0.3, 0.4) is 0 Å². The van der Waals surface area contributed by atoms with Gasteiger partial charge in [0.25, 0.3) is 0 Å². The summed E-state index contributed by atoms with van der Waals surface area (Å²) in [7, 11) is 3.54. The molecule has 0 aromatic heterocycles. The van der Waals surface area contributed by atoms with E-state index in [1.807, 2.05) is 0 Å². The van der Waals surface area contributed by atoms with Gasteiger partial charge in [0.1, 0.15) is 11.5 Å². The normalized spacial score (nSPS) is 10.3. The van der Waals surface area contributed by atoms with Gasteiger partial charge in [-0.05, 0) is 12.1 Å². The maximum Gasteiger partial charge on any atom is 0.149 e. The zero-order chi connectivity index (χ0) is 9.14. The molecule has 1 rings (SSSR count). The van der Waals surface area contributed by atoms with Crippen LogP contribution in [0.2, 0.25) is 0 Å². The molecule has 0 heterocycles. The van der Waals surface area contributed by atoms with Crippen LogP contribution < -0.4 is 11.2 Å². The highest BCUT2D eigenvalue weighted by Gasteiger charge is 2.04. The van der Waals surface area contributed by atoms with Gasteiger partial charge in [-0.2, -0.15) is 0 Å². The Kier molecular flexibility index (Phi) is 2.50. The van der Waals surface area contributed by atoms with Crippen molar-refractivity contribution in [3.63, 3.8) is 0 Å². The van der Waals surface area contributed by atoms with Crippen molar-refractivity contribution in [3.05, 3.63) is 24.0 Å². The van der Waals surface area contributed by atoms with E-state index in [2.05, 4.69) is 5.43 Å². The molecule has 0 aliphatic rings. The molecule has 0 radical (unpaired) electrons. The monoisotopic (exact) mass is 169 g/mol. The zero-order valence-corrected chi connectivity index (χ0v) is 7.13. The first-order valence-corrected chi connectivity index (χ1v) is 3.59. The van der Waals surface area contributed by atoms with Crippen LogP contribution in [-0.4, -0.2) is 19.1 Å². The van der Waals surface area contributed by atoms with E-state index in [1.165, 1.54) is 6.07 Å². The molecule has 3 N–H and O–H groups in total. The van der Waals surface area contributed by atoms with Gasteiger partial charge in [0.15, 0.2) is 0 Å². The third kappa shape index (κ3) is 1.85. The molecule has 0 amide bonds.